The lowest BCUT2D eigenvalue weighted by atomic mass is 9.87. The van der Waals surface area contributed by atoms with Crippen molar-refractivity contribution in [3.63, 3.8) is 0 Å². The van der Waals surface area contributed by atoms with Crippen LogP contribution in [0, 0.1) is 6.92 Å². The summed E-state index contributed by atoms with van der Waals surface area (Å²) >= 11 is 0. The maximum atomic E-state index is 5.77. The van der Waals surface area contributed by atoms with Crippen LogP contribution in [0.2, 0.25) is 0 Å². The molecule has 0 bridgehead atoms. The molecular weight excluding hydrogens is 202 g/mol. The minimum absolute atomic E-state index is 0.00544. The van der Waals surface area contributed by atoms with E-state index >= 15 is 0 Å². The molecule has 4 heteroatoms. The van der Waals surface area contributed by atoms with E-state index in [4.69, 9.17) is 4.74 Å². The summed E-state index contributed by atoms with van der Waals surface area (Å²) in [5, 5.41) is 7.76. The predicted octanol–water partition coefficient (Wildman–Crippen LogP) is 1.04. The molecule has 1 aromatic rings. The average molecular weight is 223 g/mol. The number of aromatic nitrogens is 2. The summed E-state index contributed by atoms with van der Waals surface area (Å²) in [5.74, 6) is 0. The van der Waals surface area contributed by atoms with Gasteiger partial charge in [-0.1, -0.05) is 0 Å². The van der Waals surface area contributed by atoms with E-state index in [1.807, 2.05) is 25.8 Å². The maximum absolute atomic E-state index is 5.77. The smallest absolute Gasteiger partial charge is 0.0758 e. The van der Waals surface area contributed by atoms with E-state index in [-0.39, 0.29) is 5.60 Å². The summed E-state index contributed by atoms with van der Waals surface area (Å²) in [6.07, 6.45) is 3.12. The molecule has 0 radical (unpaired) electrons. The van der Waals surface area contributed by atoms with Gasteiger partial charge in [-0.3, -0.25) is 4.68 Å². The zero-order chi connectivity index (χ0) is 11.6. The Balaban J connectivity index is 2.14. The number of methoxy groups -OCH3 is 1. The molecule has 0 saturated carbocycles. The molecule has 2 heterocycles. The van der Waals surface area contributed by atoms with Gasteiger partial charge >= 0.3 is 0 Å². The fourth-order valence-electron chi connectivity index (χ4n) is 2.50. The van der Waals surface area contributed by atoms with Gasteiger partial charge in [0, 0.05) is 26.3 Å². The molecule has 2 rings (SSSR count). The molecule has 0 unspecified atom stereocenters. The Kier molecular flexibility index (Phi) is 3.30. The lowest BCUT2D eigenvalue weighted by Crippen LogP contribution is -2.45. The first-order valence-electron chi connectivity index (χ1n) is 5.91. The van der Waals surface area contributed by atoms with E-state index in [1.54, 1.807) is 0 Å². The molecule has 1 aromatic heterocycles. The van der Waals surface area contributed by atoms with E-state index in [2.05, 4.69) is 16.5 Å². The largest absolute Gasteiger partial charge is 0.378 e. The van der Waals surface area contributed by atoms with Gasteiger partial charge in [-0.2, -0.15) is 5.10 Å². The number of rotatable bonds is 3. The highest BCUT2D eigenvalue weighted by molar-refractivity contribution is 5.12. The molecule has 0 aliphatic carbocycles. The van der Waals surface area contributed by atoms with Crippen molar-refractivity contribution in [2.45, 2.75) is 31.8 Å². The quantitative estimate of drug-likeness (QED) is 0.832. The van der Waals surface area contributed by atoms with Crippen LogP contribution in [0.25, 0.3) is 0 Å². The van der Waals surface area contributed by atoms with Crippen LogP contribution < -0.4 is 5.32 Å². The van der Waals surface area contributed by atoms with Crippen LogP contribution in [-0.4, -0.2) is 35.6 Å². The molecule has 4 nitrogen and oxygen atoms in total. The second-order valence-corrected chi connectivity index (χ2v) is 4.71. The first-order chi connectivity index (χ1) is 7.65. The van der Waals surface area contributed by atoms with Crippen molar-refractivity contribution in [1.82, 2.24) is 15.1 Å². The summed E-state index contributed by atoms with van der Waals surface area (Å²) in [5.41, 5.74) is 2.35. The van der Waals surface area contributed by atoms with Gasteiger partial charge in [-0.15, -0.1) is 0 Å². The summed E-state index contributed by atoms with van der Waals surface area (Å²) in [6.45, 7) is 4.13. The van der Waals surface area contributed by atoms with Gasteiger partial charge in [0.15, 0.2) is 0 Å². The zero-order valence-corrected chi connectivity index (χ0v) is 10.4. The second kappa shape index (κ2) is 4.55. The number of nitrogens with one attached hydrogen (secondary N) is 1. The Morgan fingerprint density at radius 3 is 2.69 bits per heavy atom. The molecule has 0 aromatic carbocycles. The van der Waals surface area contributed by atoms with Crippen molar-refractivity contribution >= 4 is 0 Å². The fraction of sp³-hybridized carbons (Fsp3) is 0.750. The monoisotopic (exact) mass is 223 g/mol. The first-order valence-corrected chi connectivity index (χ1v) is 5.91. The number of aryl methyl sites for hydroxylation is 2. The number of hydrogen-bond acceptors (Lipinski definition) is 3. The van der Waals surface area contributed by atoms with E-state index < -0.39 is 0 Å². The summed E-state index contributed by atoms with van der Waals surface area (Å²) in [6, 6.07) is 2.16. The van der Waals surface area contributed by atoms with Gasteiger partial charge < -0.3 is 10.1 Å². The second-order valence-electron chi connectivity index (χ2n) is 4.71. The Labute approximate surface area is 97.0 Å². The molecule has 1 saturated heterocycles. The van der Waals surface area contributed by atoms with E-state index in [0.29, 0.717) is 0 Å². The Morgan fingerprint density at radius 2 is 2.19 bits per heavy atom. The minimum Gasteiger partial charge on any atom is -0.378 e. The highest BCUT2D eigenvalue weighted by Crippen LogP contribution is 2.27. The molecule has 90 valence electrons. The molecule has 0 atom stereocenters. The molecule has 0 spiro atoms. The number of hydrogen-bond donors (Lipinski definition) is 1. The van der Waals surface area contributed by atoms with Crippen LogP contribution in [0.3, 0.4) is 0 Å². The summed E-state index contributed by atoms with van der Waals surface area (Å²) < 4.78 is 7.74. The number of ether oxygens (including phenoxy) is 1. The average Bonchev–Trinajstić information content (AvgIpc) is 2.59. The predicted molar refractivity (Wildman–Crippen MR) is 63.5 cm³/mol. The minimum atomic E-state index is 0.00544. The third kappa shape index (κ3) is 2.28. The topological polar surface area (TPSA) is 39.1 Å². The molecular formula is C12H21N3O. The van der Waals surface area contributed by atoms with Gasteiger partial charge in [-0.25, -0.2) is 0 Å². The molecule has 0 amide bonds. The number of nitrogens with zero attached hydrogens (tertiary/aromatic N) is 2. The van der Waals surface area contributed by atoms with Gasteiger partial charge in [0.25, 0.3) is 0 Å². The van der Waals surface area contributed by atoms with Crippen LogP contribution in [0.15, 0.2) is 6.07 Å². The third-order valence-corrected chi connectivity index (χ3v) is 3.55. The van der Waals surface area contributed by atoms with Crippen LogP contribution in [0.4, 0.5) is 0 Å². The molecule has 1 fully saturated rings. The van der Waals surface area contributed by atoms with Crippen LogP contribution >= 0.6 is 0 Å². The van der Waals surface area contributed by atoms with E-state index in [1.165, 1.54) is 5.69 Å². The molecule has 1 aliphatic rings. The highest BCUT2D eigenvalue weighted by Gasteiger charge is 2.32. The Hall–Kier alpha value is -0.870. The highest BCUT2D eigenvalue weighted by atomic mass is 16.5. The van der Waals surface area contributed by atoms with E-state index in [9.17, 15) is 0 Å². The van der Waals surface area contributed by atoms with Crippen molar-refractivity contribution < 1.29 is 4.74 Å². The Bertz CT molecular complexity index is 353. The standard InChI is InChI=1S/C12H21N3O/c1-10-8-11(15(2)14-10)9-12(16-3)4-6-13-7-5-12/h8,13H,4-7,9H2,1-3H3. The molecule has 16 heavy (non-hydrogen) atoms. The third-order valence-electron chi connectivity index (χ3n) is 3.55. The summed E-state index contributed by atoms with van der Waals surface area (Å²) in [7, 11) is 3.83. The lowest BCUT2D eigenvalue weighted by molar-refractivity contribution is -0.0346. The van der Waals surface area contributed by atoms with Gasteiger partial charge in [0.1, 0.15) is 0 Å². The Morgan fingerprint density at radius 1 is 1.50 bits per heavy atom. The van der Waals surface area contributed by atoms with Crippen molar-refractivity contribution in [3.05, 3.63) is 17.5 Å². The van der Waals surface area contributed by atoms with Gasteiger partial charge in [0.2, 0.25) is 0 Å². The van der Waals surface area contributed by atoms with Crippen molar-refractivity contribution in [2.75, 3.05) is 20.2 Å². The van der Waals surface area contributed by atoms with Crippen molar-refractivity contribution in [3.8, 4) is 0 Å². The first kappa shape index (κ1) is 11.6. The van der Waals surface area contributed by atoms with Gasteiger partial charge in [0.05, 0.1) is 11.3 Å². The fourth-order valence-corrected chi connectivity index (χ4v) is 2.50. The number of piperidine rings is 1. The van der Waals surface area contributed by atoms with Crippen LogP contribution in [-0.2, 0) is 18.2 Å². The summed E-state index contributed by atoms with van der Waals surface area (Å²) in [4.78, 5) is 0. The van der Waals surface area contributed by atoms with Crippen LogP contribution in [0.1, 0.15) is 24.2 Å². The van der Waals surface area contributed by atoms with Gasteiger partial charge in [-0.05, 0) is 38.9 Å². The maximum Gasteiger partial charge on any atom is 0.0758 e. The SMILES string of the molecule is COC1(Cc2cc(C)nn2C)CCNCC1. The zero-order valence-electron chi connectivity index (χ0n) is 10.4. The molecule has 1 aliphatic heterocycles. The normalized spacial score (nSPS) is 19.9. The van der Waals surface area contributed by atoms with E-state index in [0.717, 1.165) is 38.0 Å². The van der Waals surface area contributed by atoms with Crippen LogP contribution in [0.5, 0.6) is 0 Å². The lowest BCUT2D eigenvalue weighted by Gasteiger charge is -2.36. The van der Waals surface area contributed by atoms with Crippen molar-refractivity contribution in [1.29, 1.82) is 0 Å². The van der Waals surface area contributed by atoms with Crippen molar-refractivity contribution in [2.24, 2.45) is 7.05 Å². The molecule has 1 N–H and O–H groups in total.